The predicted octanol–water partition coefficient (Wildman–Crippen LogP) is -4.14. The normalized spacial score (nSPS) is 9.80. The molecule has 0 aliphatic rings. The van der Waals surface area contributed by atoms with Crippen LogP contribution < -0.4 is 10.2 Å². The Hall–Kier alpha value is 0.471. The molecule has 6 heteroatoms. The molecule has 5 nitrogen and oxygen atoms in total. The van der Waals surface area contributed by atoms with Gasteiger partial charge in [0.2, 0.25) is 0 Å². The predicted molar refractivity (Wildman–Crippen MR) is 26.4 cm³/mol. The first-order valence-corrected chi connectivity index (χ1v) is 2.04. The van der Waals surface area contributed by atoms with Crippen LogP contribution in [0.2, 0.25) is 0 Å². The van der Waals surface area contributed by atoms with Crippen LogP contribution in [-0.4, -0.2) is 71.5 Å². The number of aliphatic hydroxyl groups is 1. The van der Waals surface area contributed by atoms with Gasteiger partial charge in [0.1, 0.15) is 5.60 Å². The van der Waals surface area contributed by atoms with E-state index in [4.69, 9.17) is 5.11 Å². The molecule has 52 valence electrons. The van der Waals surface area contributed by atoms with Gasteiger partial charge in [0, 0.05) is 0 Å². The van der Waals surface area contributed by atoms with Crippen molar-refractivity contribution in [3.8, 4) is 0 Å². The summed E-state index contributed by atoms with van der Waals surface area (Å²) in [5.74, 6) is -4.16. The van der Waals surface area contributed by atoms with Crippen molar-refractivity contribution in [2.24, 2.45) is 0 Å². The van der Waals surface area contributed by atoms with Gasteiger partial charge in [-0.2, -0.15) is 0 Å². The van der Waals surface area contributed by atoms with E-state index < -0.39 is 17.5 Å². The van der Waals surface area contributed by atoms with E-state index in [1.807, 2.05) is 0 Å². The third-order valence-corrected chi connectivity index (χ3v) is 0.795. The molecular formula is C4H4BaO5. The molecule has 0 aromatic rings. The van der Waals surface area contributed by atoms with Crippen molar-refractivity contribution in [1.82, 2.24) is 0 Å². The van der Waals surface area contributed by atoms with Crippen LogP contribution in [-0.2, 0) is 9.59 Å². The Labute approximate surface area is 97.1 Å². The molecule has 0 heterocycles. The molecule has 1 N–H and O–H groups in total. The maximum atomic E-state index is 9.68. The topological polar surface area (TPSA) is 100 Å². The molecule has 0 saturated carbocycles. The zero-order valence-corrected chi connectivity index (χ0v) is 9.73. The monoisotopic (exact) mass is 270 g/mol. The van der Waals surface area contributed by atoms with E-state index in [0.29, 0.717) is 6.92 Å². The Kier molecular flexibility index (Phi) is 5.72. The zero-order valence-electron chi connectivity index (χ0n) is 5.29. The second kappa shape index (κ2) is 4.37. The fraction of sp³-hybridized carbons (Fsp3) is 0.500. The zero-order chi connectivity index (χ0) is 7.65. The van der Waals surface area contributed by atoms with Gasteiger partial charge in [-0.3, -0.25) is 0 Å². The molecule has 0 spiro atoms. The molecule has 0 aliphatic carbocycles. The summed E-state index contributed by atoms with van der Waals surface area (Å²) in [5.41, 5.74) is -2.89. The van der Waals surface area contributed by atoms with E-state index in [9.17, 15) is 19.8 Å². The molecule has 0 radical (unpaired) electrons. The number of carboxylic acid groups (broad SMARTS) is 2. The molecule has 0 unspecified atom stereocenters. The van der Waals surface area contributed by atoms with Gasteiger partial charge in [-0.15, -0.1) is 0 Å². The number of carbonyl (C=O) groups excluding carboxylic acids is 2. The fourth-order valence-corrected chi connectivity index (χ4v) is 0.0833. The van der Waals surface area contributed by atoms with Crippen LogP contribution in [0.1, 0.15) is 6.92 Å². The Morgan fingerprint density at radius 1 is 1.30 bits per heavy atom. The Morgan fingerprint density at radius 3 is 1.50 bits per heavy atom. The average molecular weight is 269 g/mol. The summed E-state index contributed by atoms with van der Waals surface area (Å²) in [7, 11) is 0. The quantitative estimate of drug-likeness (QED) is 0.405. The molecule has 0 amide bonds. The third-order valence-electron chi connectivity index (χ3n) is 0.795. The van der Waals surface area contributed by atoms with E-state index in [2.05, 4.69) is 0 Å². The third kappa shape index (κ3) is 3.04. The van der Waals surface area contributed by atoms with Crippen molar-refractivity contribution in [3.05, 3.63) is 0 Å². The van der Waals surface area contributed by atoms with Gasteiger partial charge in [-0.1, -0.05) is 0 Å². The van der Waals surface area contributed by atoms with E-state index in [1.54, 1.807) is 0 Å². The molecule has 0 rings (SSSR count). The van der Waals surface area contributed by atoms with E-state index in [-0.39, 0.29) is 48.9 Å². The summed E-state index contributed by atoms with van der Waals surface area (Å²) in [6, 6.07) is 0. The number of aliphatic carboxylic acids is 2. The van der Waals surface area contributed by atoms with E-state index in [1.165, 1.54) is 0 Å². The van der Waals surface area contributed by atoms with Crippen LogP contribution in [0.15, 0.2) is 0 Å². The SMILES string of the molecule is CC(O)(C(=O)[O-])C(=O)[O-].[Ba+2]. The number of rotatable bonds is 2. The van der Waals surface area contributed by atoms with Crippen molar-refractivity contribution >= 4 is 60.8 Å². The Balaban J connectivity index is 0. The first-order valence-electron chi connectivity index (χ1n) is 2.04. The number of hydrogen-bond donors (Lipinski definition) is 1. The van der Waals surface area contributed by atoms with Gasteiger partial charge in [0.05, 0.1) is 11.9 Å². The molecular weight excluding hydrogens is 265 g/mol. The largest absolute Gasteiger partial charge is 2.00 e. The summed E-state index contributed by atoms with van der Waals surface area (Å²) < 4.78 is 0. The minimum Gasteiger partial charge on any atom is -0.547 e. The minimum atomic E-state index is -2.89. The molecule has 0 fully saturated rings. The Morgan fingerprint density at radius 2 is 1.50 bits per heavy atom. The maximum Gasteiger partial charge on any atom is 2.00 e. The van der Waals surface area contributed by atoms with Crippen molar-refractivity contribution in [3.63, 3.8) is 0 Å². The summed E-state index contributed by atoms with van der Waals surface area (Å²) in [6.45, 7) is 0.567. The van der Waals surface area contributed by atoms with Crippen molar-refractivity contribution < 1.29 is 24.9 Å². The molecule has 0 saturated heterocycles. The molecule has 0 atom stereocenters. The van der Waals surface area contributed by atoms with Crippen molar-refractivity contribution in [2.45, 2.75) is 12.5 Å². The smallest absolute Gasteiger partial charge is 0.547 e. The standard InChI is InChI=1S/C4H6O5.Ba/c1-4(9,2(5)6)3(7)8;/h9H,1H3,(H,5,6)(H,7,8);/q;+2/p-2. The van der Waals surface area contributed by atoms with E-state index >= 15 is 0 Å². The summed E-state index contributed by atoms with van der Waals surface area (Å²) in [6.07, 6.45) is 0. The number of hydrogen-bond acceptors (Lipinski definition) is 5. The van der Waals surface area contributed by atoms with Gasteiger partial charge in [-0.05, 0) is 6.92 Å². The summed E-state index contributed by atoms with van der Waals surface area (Å²) >= 11 is 0. The average Bonchev–Trinajstić information content (AvgIpc) is 1.65. The van der Waals surface area contributed by atoms with Gasteiger partial charge in [0.25, 0.3) is 0 Å². The van der Waals surface area contributed by atoms with Crippen molar-refractivity contribution in [1.29, 1.82) is 0 Å². The van der Waals surface area contributed by atoms with Gasteiger partial charge >= 0.3 is 48.9 Å². The summed E-state index contributed by atoms with van der Waals surface area (Å²) in [5, 5.41) is 27.7. The molecule has 0 aromatic carbocycles. The van der Waals surface area contributed by atoms with Crippen LogP contribution >= 0.6 is 0 Å². The summed E-state index contributed by atoms with van der Waals surface area (Å²) in [4.78, 5) is 19.4. The first kappa shape index (κ1) is 13.1. The molecule has 0 bridgehead atoms. The van der Waals surface area contributed by atoms with Crippen LogP contribution in [0, 0.1) is 0 Å². The van der Waals surface area contributed by atoms with Gasteiger partial charge in [0.15, 0.2) is 0 Å². The number of carboxylic acids is 2. The Bertz CT molecular complexity index is 136. The van der Waals surface area contributed by atoms with Gasteiger partial charge < -0.3 is 24.9 Å². The fourth-order valence-electron chi connectivity index (χ4n) is 0.0833. The van der Waals surface area contributed by atoms with Crippen LogP contribution in [0.4, 0.5) is 0 Å². The maximum absolute atomic E-state index is 9.68. The molecule has 0 aliphatic heterocycles. The number of carbonyl (C=O) groups is 2. The molecule has 0 aromatic heterocycles. The minimum absolute atomic E-state index is 0. The van der Waals surface area contributed by atoms with Crippen LogP contribution in [0.5, 0.6) is 0 Å². The second-order valence-electron chi connectivity index (χ2n) is 1.65. The second-order valence-corrected chi connectivity index (χ2v) is 1.65. The van der Waals surface area contributed by atoms with E-state index in [0.717, 1.165) is 0 Å². The van der Waals surface area contributed by atoms with Crippen LogP contribution in [0.3, 0.4) is 0 Å². The first-order chi connectivity index (χ1) is 3.89. The van der Waals surface area contributed by atoms with Crippen molar-refractivity contribution in [2.75, 3.05) is 0 Å². The molecule has 10 heavy (non-hydrogen) atoms. The van der Waals surface area contributed by atoms with Gasteiger partial charge in [-0.25, -0.2) is 0 Å². The van der Waals surface area contributed by atoms with Crippen LogP contribution in [0.25, 0.3) is 0 Å².